The Balaban J connectivity index is 2.29. The number of likely N-dealkylation sites (tertiary alicyclic amines) is 1. The molecule has 1 heterocycles. The van der Waals surface area contributed by atoms with Gasteiger partial charge in [0.25, 0.3) is 0 Å². The van der Waals surface area contributed by atoms with Crippen molar-refractivity contribution in [2.45, 2.75) is 52.2 Å². The largest absolute Gasteiger partial charge is 0.393 e. The van der Waals surface area contributed by atoms with Crippen molar-refractivity contribution in [3.8, 4) is 0 Å². The average Bonchev–Trinajstić information content (AvgIpc) is 2.06. The van der Waals surface area contributed by atoms with Gasteiger partial charge in [0.15, 0.2) is 0 Å². The van der Waals surface area contributed by atoms with Crippen LogP contribution in [-0.4, -0.2) is 35.2 Å². The Morgan fingerprint density at radius 3 is 2.69 bits per heavy atom. The second kappa shape index (κ2) is 4.97. The van der Waals surface area contributed by atoms with E-state index in [2.05, 4.69) is 18.7 Å². The topological polar surface area (TPSA) is 23.5 Å². The van der Waals surface area contributed by atoms with Crippen molar-refractivity contribution in [3.63, 3.8) is 0 Å². The predicted molar refractivity (Wildman–Crippen MR) is 55.7 cm³/mol. The summed E-state index contributed by atoms with van der Waals surface area (Å²) in [5, 5.41) is 9.21. The fourth-order valence-electron chi connectivity index (χ4n) is 2.04. The minimum absolute atomic E-state index is 0.149. The molecule has 0 amide bonds. The third-order valence-corrected chi connectivity index (χ3v) is 3.08. The van der Waals surface area contributed by atoms with Gasteiger partial charge < -0.3 is 10.0 Å². The van der Waals surface area contributed by atoms with Crippen LogP contribution in [-0.2, 0) is 0 Å². The van der Waals surface area contributed by atoms with Crippen LogP contribution < -0.4 is 0 Å². The minimum Gasteiger partial charge on any atom is -0.393 e. The molecule has 78 valence electrons. The molecule has 0 aromatic heterocycles. The molecule has 13 heavy (non-hydrogen) atoms. The minimum atomic E-state index is -0.149. The van der Waals surface area contributed by atoms with Crippen LogP contribution in [0.25, 0.3) is 0 Å². The molecule has 0 aromatic carbocycles. The average molecular weight is 185 g/mol. The number of nitrogens with zero attached hydrogens (tertiary/aromatic N) is 1. The zero-order chi connectivity index (χ0) is 9.84. The lowest BCUT2D eigenvalue weighted by Gasteiger charge is -2.37. The van der Waals surface area contributed by atoms with Crippen molar-refractivity contribution in [2.75, 3.05) is 13.1 Å². The van der Waals surface area contributed by atoms with E-state index in [1.807, 2.05) is 6.92 Å². The summed E-state index contributed by atoms with van der Waals surface area (Å²) in [6.45, 7) is 8.77. The van der Waals surface area contributed by atoms with Crippen molar-refractivity contribution in [3.05, 3.63) is 0 Å². The second-order valence-corrected chi connectivity index (χ2v) is 4.66. The van der Waals surface area contributed by atoms with E-state index in [0.29, 0.717) is 0 Å². The molecule has 1 saturated heterocycles. The van der Waals surface area contributed by atoms with E-state index in [4.69, 9.17) is 0 Å². The lowest BCUT2D eigenvalue weighted by molar-refractivity contribution is 0.0965. The van der Waals surface area contributed by atoms with Gasteiger partial charge in [-0.05, 0) is 39.0 Å². The summed E-state index contributed by atoms with van der Waals surface area (Å²) in [4.78, 5) is 2.51. The molecule has 0 spiro atoms. The third-order valence-electron chi connectivity index (χ3n) is 3.08. The van der Waals surface area contributed by atoms with Gasteiger partial charge >= 0.3 is 0 Å². The molecular formula is C11H23NO. The molecule has 3 atom stereocenters. The van der Waals surface area contributed by atoms with E-state index < -0.39 is 0 Å². The number of piperidine rings is 1. The monoisotopic (exact) mass is 185 g/mol. The van der Waals surface area contributed by atoms with E-state index in [9.17, 15) is 5.11 Å². The molecule has 0 saturated carbocycles. The Bertz CT molecular complexity index is 147. The summed E-state index contributed by atoms with van der Waals surface area (Å²) in [5.74, 6) is 0.838. The maximum Gasteiger partial charge on any atom is 0.0524 e. The van der Waals surface area contributed by atoms with Crippen molar-refractivity contribution in [2.24, 2.45) is 5.92 Å². The Morgan fingerprint density at radius 1 is 1.38 bits per heavy atom. The lowest BCUT2D eigenvalue weighted by Crippen LogP contribution is -2.42. The normalized spacial score (nSPS) is 33.2. The maximum atomic E-state index is 9.21. The Hall–Kier alpha value is -0.0800. The number of aliphatic hydroxyl groups is 1. The van der Waals surface area contributed by atoms with E-state index in [1.165, 1.54) is 19.4 Å². The standard InChI is InChI=1S/C11H23NO/c1-9-4-5-10(2)12(8-9)7-6-11(3)13/h9-11,13H,4-8H2,1-3H3. The van der Waals surface area contributed by atoms with Crippen molar-refractivity contribution < 1.29 is 5.11 Å². The zero-order valence-corrected chi connectivity index (χ0v) is 9.16. The van der Waals surface area contributed by atoms with Gasteiger partial charge in [-0.3, -0.25) is 0 Å². The SMILES string of the molecule is CC(O)CCN1CC(C)CCC1C. The maximum absolute atomic E-state index is 9.21. The quantitative estimate of drug-likeness (QED) is 0.725. The van der Waals surface area contributed by atoms with E-state index >= 15 is 0 Å². The summed E-state index contributed by atoms with van der Waals surface area (Å²) in [7, 11) is 0. The lowest BCUT2D eigenvalue weighted by atomic mass is 9.95. The first-order chi connectivity index (χ1) is 6.09. The molecule has 0 radical (unpaired) electrons. The fourth-order valence-corrected chi connectivity index (χ4v) is 2.04. The van der Waals surface area contributed by atoms with Crippen LogP contribution in [0.4, 0.5) is 0 Å². The van der Waals surface area contributed by atoms with Gasteiger partial charge in [0, 0.05) is 19.1 Å². The van der Waals surface area contributed by atoms with Gasteiger partial charge in [0.1, 0.15) is 0 Å². The summed E-state index contributed by atoms with van der Waals surface area (Å²) in [6, 6.07) is 0.718. The summed E-state index contributed by atoms with van der Waals surface area (Å²) < 4.78 is 0. The molecule has 1 aliphatic rings. The predicted octanol–water partition coefficient (Wildman–Crippen LogP) is 1.88. The van der Waals surface area contributed by atoms with Crippen LogP contribution >= 0.6 is 0 Å². The van der Waals surface area contributed by atoms with Gasteiger partial charge in [-0.15, -0.1) is 0 Å². The number of rotatable bonds is 3. The Morgan fingerprint density at radius 2 is 2.08 bits per heavy atom. The smallest absolute Gasteiger partial charge is 0.0524 e. The summed E-state index contributed by atoms with van der Waals surface area (Å²) in [6.07, 6.45) is 3.45. The van der Waals surface area contributed by atoms with E-state index in [-0.39, 0.29) is 6.10 Å². The number of hydrogen-bond donors (Lipinski definition) is 1. The number of aliphatic hydroxyl groups excluding tert-OH is 1. The second-order valence-electron chi connectivity index (χ2n) is 4.66. The van der Waals surface area contributed by atoms with Crippen LogP contribution in [0.2, 0.25) is 0 Å². The molecule has 0 aromatic rings. The highest BCUT2D eigenvalue weighted by molar-refractivity contribution is 4.76. The first-order valence-corrected chi connectivity index (χ1v) is 5.51. The first-order valence-electron chi connectivity index (χ1n) is 5.51. The number of hydrogen-bond acceptors (Lipinski definition) is 2. The highest BCUT2D eigenvalue weighted by atomic mass is 16.3. The summed E-state index contributed by atoms with van der Waals surface area (Å²) in [5.41, 5.74) is 0. The Labute approximate surface area is 81.9 Å². The third kappa shape index (κ3) is 3.65. The Kier molecular flexibility index (Phi) is 4.20. The molecule has 3 unspecified atom stereocenters. The van der Waals surface area contributed by atoms with Crippen LogP contribution in [0.3, 0.4) is 0 Å². The molecule has 1 rings (SSSR count). The van der Waals surface area contributed by atoms with Gasteiger partial charge in [-0.25, -0.2) is 0 Å². The first kappa shape index (κ1) is 11.0. The van der Waals surface area contributed by atoms with Crippen LogP contribution in [0.15, 0.2) is 0 Å². The zero-order valence-electron chi connectivity index (χ0n) is 9.16. The molecule has 2 heteroatoms. The van der Waals surface area contributed by atoms with Gasteiger partial charge in [0.2, 0.25) is 0 Å². The van der Waals surface area contributed by atoms with Crippen molar-refractivity contribution >= 4 is 0 Å². The van der Waals surface area contributed by atoms with Gasteiger partial charge in [0.05, 0.1) is 6.10 Å². The highest BCUT2D eigenvalue weighted by Crippen LogP contribution is 2.21. The molecule has 1 aliphatic heterocycles. The fraction of sp³-hybridized carbons (Fsp3) is 1.00. The van der Waals surface area contributed by atoms with Crippen molar-refractivity contribution in [1.29, 1.82) is 0 Å². The van der Waals surface area contributed by atoms with Crippen LogP contribution in [0.1, 0.15) is 40.0 Å². The van der Waals surface area contributed by atoms with E-state index in [1.54, 1.807) is 0 Å². The van der Waals surface area contributed by atoms with Gasteiger partial charge in [-0.1, -0.05) is 6.92 Å². The van der Waals surface area contributed by atoms with Gasteiger partial charge in [-0.2, -0.15) is 0 Å². The molecule has 0 aliphatic carbocycles. The van der Waals surface area contributed by atoms with Crippen molar-refractivity contribution in [1.82, 2.24) is 4.90 Å². The molecule has 1 fully saturated rings. The highest BCUT2D eigenvalue weighted by Gasteiger charge is 2.22. The van der Waals surface area contributed by atoms with E-state index in [0.717, 1.165) is 24.9 Å². The van der Waals surface area contributed by atoms with Crippen LogP contribution in [0, 0.1) is 5.92 Å². The van der Waals surface area contributed by atoms with Crippen LogP contribution in [0.5, 0.6) is 0 Å². The summed E-state index contributed by atoms with van der Waals surface area (Å²) >= 11 is 0. The molecular weight excluding hydrogens is 162 g/mol. The molecule has 0 bridgehead atoms. The molecule has 2 nitrogen and oxygen atoms in total. The molecule has 1 N–H and O–H groups in total.